The predicted octanol–water partition coefficient (Wildman–Crippen LogP) is 4.41. The highest BCUT2D eigenvalue weighted by atomic mass is 79.9. The first-order chi connectivity index (χ1) is 10.7. The van der Waals surface area contributed by atoms with Crippen molar-refractivity contribution in [3.05, 3.63) is 69.7 Å². The zero-order chi connectivity index (χ0) is 15.2. The summed E-state index contributed by atoms with van der Waals surface area (Å²) in [5.74, 6) is 0.534. The minimum Gasteiger partial charge on any atom is -0.461 e. The Kier molecular flexibility index (Phi) is 3.30. The van der Waals surface area contributed by atoms with Crippen LogP contribution in [0, 0.1) is 0 Å². The molecule has 2 nitrogen and oxygen atoms in total. The van der Waals surface area contributed by atoms with E-state index in [0.29, 0.717) is 18.9 Å². The molecule has 4 heteroatoms. The van der Waals surface area contributed by atoms with Gasteiger partial charge < -0.3 is 4.74 Å². The number of ether oxygens (including phenoxy) is 1. The first kappa shape index (κ1) is 13.9. The van der Waals surface area contributed by atoms with E-state index >= 15 is 0 Å². The van der Waals surface area contributed by atoms with Gasteiger partial charge in [-0.25, -0.2) is 9.38 Å². The first-order valence-electron chi connectivity index (χ1n) is 7.41. The smallest absolute Gasteiger partial charge is 0.217 e. The van der Waals surface area contributed by atoms with E-state index < -0.39 is 11.8 Å². The Morgan fingerprint density at radius 1 is 1.14 bits per heavy atom. The van der Waals surface area contributed by atoms with E-state index in [1.165, 1.54) is 5.56 Å². The van der Waals surface area contributed by atoms with Gasteiger partial charge in [-0.3, -0.25) is 0 Å². The summed E-state index contributed by atoms with van der Waals surface area (Å²) in [6.07, 6.45) is 0.218. The third-order valence-corrected chi connectivity index (χ3v) is 5.00. The Hall–Kier alpha value is -1.68. The second kappa shape index (κ2) is 5.20. The lowest BCUT2D eigenvalue weighted by Gasteiger charge is -2.37. The van der Waals surface area contributed by atoms with Crippen molar-refractivity contribution < 1.29 is 9.13 Å². The summed E-state index contributed by atoms with van der Waals surface area (Å²) < 4.78 is 21.9. The minimum absolute atomic E-state index is 0.344. The molecule has 0 fully saturated rings. The molecule has 0 saturated carbocycles. The van der Waals surface area contributed by atoms with Crippen molar-refractivity contribution in [2.75, 3.05) is 6.54 Å². The van der Waals surface area contributed by atoms with Crippen molar-refractivity contribution in [1.82, 2.24) is 0 Å². The zero-order valence-corrected chi connectivity index (χ0v) is 13.5. The molecule has 1 spiro atoms. The Balaban J connectivity index is 1.71. The van der Waals surface area contributed by atoms with Crippen molar-refractivity contribution >= 4 is 21.8 Å². The molecular formula is C18H15BrFNO. The van der Waals surface area contributed by atoms with Gasteiger partial charge in [0.2, 0.25) is 5.90 Å². The maximum atomic E-state index is 14.8. The Morgan fingerprint density at radius 2 is 1.91 bits per heavy atom. The number of hydrogen-bond acceptors (Lipinski definition) is 2. The van der Waals surface area contributed by atoms with Gasteiger partial charge in [-0.2, -0.15) is 0 Å². The van der Waals surface area contributed by atoms with Crippen LogP contribution < -0.4 is 0 Å². The van der Waals surface area contributed by atoms with E-state index in [2.05, 4.69) is 27.0 Å². The summed E-state index contributed by atoms with van der Waals surface area (Å²) >= 11 is 3.41. The lowest BCUT2D eigenvalue weighted by Crippen LogP contribution is -2.44. The number of nitrogens with zero attached hydrogens (tertiary/aromatic N) is 1. The number of halogens is 2. The number of alkyl halides is 1. The van der Waals surface area contributed by atoms with Crippen molar-refractivity contribution in [2.45, 2.75) is 24.6 Å². The molecule has 1 heterocycles. The monoisotopic (exact) mass is 359 g/mol. The molecule has 2 unspecified atom stereocenters. The van der Waals surface area contributed by atoms with Crippen LogP contribution in [0.15, 0.2) is 58.0 Å². The van der Waals surface area contributed by atoms with Crippen LogP contribution in [0.4, 0.5) is 4.39 Å². The summed E-state index contributed by atoms with van der Waals surface area (Å²) in [6.45, 7) is 0.344. The summed E-state index contributed by atoms with van der Waals surface area (Å²) in [4.78, 5) is 4.50. The van der Waals surface area contributed by atoms with Crippen LogP contribution in [-0.4, -0.2) is 18.6 Å². The number of fused-ring (bicyclic) bond motifs is 2. The normalized spacial score (nSPS) is 26.5. The zero-order valence-electron chi connectivity index (χ0n) is 11.9. The highest BCUT2D eigenvalue weighted by Gasteiger charge is 2.50. The van der Waals surface area contributed by atoms with Gasteiger partial charge in [0.05, 0.1) is 6.54 Å². The molecule has 1 aliphatic carbocycles. The molecule has 0 amide bonds. The highest BCUT2D eigenvalue weighted by Crippen LogP contribution is 2.44. The van der Waals surface area contributed by atoms with Crippen molar-refractivity contribution in [2.24, 2.45) is 4.99 Å². The van der Waals surface area contributed by atoms with Crippen LogP contribution >= 0.6 is 15.9 Å². The Labute approximate surface area is 137 Å². The molecule has 0 saturated heterocycles. The molecule has 1 aliphatic heterocycles. The molecule has 4 rings (SSSR count). The van der Waals surface area contributed by atoms with Gasteiger partial charge in [0.1, 0.15) is 6.17 Å². The fourth-order valence-electron chi connectivity index (χ4n) is 3.31. The van der Waals surface area contributed by atoms with E-state index in [4.69, 9.17) is 4.74 Å². The summed E-state index contributed by atoms with van der Waals surface area (Å²) in [5, 5.41) is 0. The van der Waals surface area contributed by atoms with Crippen LogP contribution in [0.25, 0.3) is 0 Å². The fraction of sp³-hybridized carbons (Fsp3) is 0.278. The van der Waals surface area contributed by atoms with Crippen LogP contribution in [0.2, 0.25) is 0 Å². The second-order valence-corrected chi connectivity index (χ2v) is 6.70. The van der Waals surface area contributed by atoms with Crippen molar-refractivity contribution in [3.8, 4) is 0 Å². The number of aliphatic imine (C=N–C) groups is 1. The first-order valence-corrected chi connectivity index (χ1v) is 8.20. The SMILES string of the molecule is FC1CCc2ccccc2C12CN=C(c1ccc(Br)cc1)O2. The van der Waals surface area contributed by atoms with E-state index in [9.17, 15) is 4.39 Å². The molecule has 2 atom stereocenters. The van der Waals surface area contributed by atoms with E-state index in [1.54, 1.807) is 0 Å². The van der Waals surface area contributed by atoms with E-state index in [1.807, 2.05) is 42.5 Å². The standard InChI is InChI=1S/C18H15BrFNO/c19-14-8-5-13(6-9-14)17-21-11-18(22-17)15-4-2-1-3-12(15)7-10-16(18)20/h1-6,8-9,16H,7,10-11H2. The summed E-state index contributed by atoms with van der Waals surface area (Å²) in [7, 11) is 0. The molecule has 2 aromatic rings. The lowest BCUT2D eigenvalue weighted by molar-refractivity contribution is -0.0133. The van der Waals surface area contributed by atoms with Gasteiger partial charge in [-0.05, 0) is 42.7 Å². The molecule has 0 radical (unpaired) electrons. The fourth-order valence-corrected chi connectivity index (χ4v) is 3.57. The molecule has 112 valence electrons. The van der Waals surface area contributed by atoms with E-state index in [-0.39, 0.29) is 0 Å². The van der Waals surface area contributed by atoms with Gasteiger partial charge in [-0.15, -0.1) is 0 Å². The predicted molar refractivity (Wildman–Crippen MR) is 88.0 cm³/mol. The molecule has 22 heavy (non-hydrogen) atoms. The van der Waals surface area contributed by atoms with E-state index in [0.717, 1.165) is 22.0 Å². The highest BCUT2D eigenvalue weighted by molar-refractivity contribution is 9.10. The van der Waals surface area contributed by atoms with Crippen molar-refractivity contribution in [1.29, 1.82) is 0 Å². The third kappa shape index (κ3) is 2.09. The van der Waals surface area contributed by atoms with Gasteiger partial charge in [0, 0.05) is 15.6 Å². The summed E-state index contributed by atoms with van der Waals surface area (Å²) in [5.41, 5.74) is 2.06. The molecular weight excluding hydrogens is 345 g/mol. The maximum Gasteiger partial charge on any atom is 0.217 e. The van der Waals surface area contributed by atoms with Crippen LogP contribution in [-0.2, 0) is 16.8 Å². The minimum atomic E-state index is -1.03. The Bertz CT molecular complexity index is 743. The topological polar surface area (TPSA) is 21.6 Å². The van der Waals surface area contributed by atoms with Crippen LogP contribution in [0.5, 0.6) is 0 Å². The van der Waals surface area contributed by atoms with Gasteiger partial charge in [0.25, 0.3) is 0 Å². The molecule has 0 bridgehead atoms. The van der Waals surface area contributed by atoms with Gasteiger partial charge in [0.15, 0.2) is 5.60 Å². The number of benzene rings is 2. The molecule has 0 N–H and O–H groups in total. The Morgan fingerprint density at radius 3 is 2.73 bits per heavy atom. The molecule has 2 aliphatic rings. The van der Waals surface area contributed by atoms with Crippen LogP contribution in [0.1, 0.15) is 23.1 Å². The van der Waals surface area contributed by atoms with Gasteiger partial charge in [-0.1, -0.05) is 40.2 Å². The molecule has 0 aromatic heterocycles. The second-order valence-electron chi connectivity index (χ2n) is 5.78. The largest absolute Gasteiger partial charge is 0.461 e. The lowest BCUT2D eigenvalue weighted by atomic mass is 9.78. The van der Waals surface area contributed by atoms with Gasteiger partial charge >= 0.3 is 0 Å². The average molecular weight is 360 g/mol. The molecule has 2 aromatic carbocycles. The summed E-state index contributed by atoms with van der Waals surface area (Å²) in [6, 6.07) is 15.7. The average Bonchev–Trinajstić information content (AvgIpc) is 2.99. The third-order valence-electron chi connectivity index (χ3n) is 4.47. The number of rotatable bonds is 1. The van der Waals surface area contributed by atoms with Crippen LogP contribution in [0.3, 0.4) is 0 Å². The van der Waals surface area contributed by atoms with Crippen molar-refractivity contribution in [3.63, 3.8) is 0 Å². The quantitative estimate of drug-likeness (QED) is 0.739. The number of aryl methyl sites for hydroxylation is 1. The number of hydrogen-bond donors (Lipinski definition) is 0. The maximum absolute atomic E-state index is 14.8.